The Balaban J connectivity index is 1.54. The smallest absolute Gasteiger partial charge is 0.262 e. The standard InChI is InChI=1S/C20H21N3O4/c1-13(24)21-16-3-6-18(7-4-16)27-12-20(26)22-17-5-8-19-15(11-17)9-10-23(19)14(2)25/h3-8,11H,9-10,12H2,1-2H3,(H,21,24)(H,22,26). The number of ether oxygens (including phenoxy) is 1. The molecule has 1 heterocycles. The number of hydrogen-bond acceptors (Lipinski definition) is 4. The second-order valence-corrected chi connectivity index (χ2v) is 6.31. The number of benzene rings is 2. The van der Waals surface area contributed by atoms with Crippen LogP contribution in [0.1, 0.15) is 19.4 Å². The summed E-state index contributed by atoms with van der Waals surface area (Å²) in [7, 11) is 0. The van der Waals surface area contributed by atoms with Crippen molar-refractivity contribution in [1.82, 2.24) is 0 Å². The summed E-state index contributed by atoms with van der Waals surface area (Å²) >= 11 is 0. The van der Waals surface area contributed by atoms with E-state index in [0.29, 0.717) is 23.7 Å². The first-order valence-corrected chi connectivity index (χ1v) is 8.64. The fourth-order valence-electron chi connectivity index (χ4n) is 2.99. The molecule has 0 fully saturated rings. The number of nitrogens with zero attached hydrogens (tertiary/aromatic N) is 1. The SMILES string of the molecule is CC(=O)Nc1ccc(OCC(=O)Nc2ccc3c(c2)CCN3C(C)=O)cc1. The van der Waals surface area contributed by atoms with Gasteiger partial charge in [0, 0.05) is 37.5 Å². The van der Waals surface area contributed by atoms with Crippen LogP contribution in [-0.2, 0) is 20.8 Å². The van der Waals surface area contributed by atoms with Crippen molar-refractivity contribution < 1.29 is 19.1 Å². The van der Waals surface area contributed by atoms with E-state index in [-0.39, 0.29) is 24.3 Å². The van der Waals surface area contributed by atoms with E-state index in [9.17, 15) is 14.4 Å². The van der Waals surface area contributed by atoms with Gasteiger partial charge in [-0.15, -0.1) is 0 Å². The van der Waals surface area contributed by atoms with Crippen LogP contribution < -0.4 is 20.3 Å². The summed E-state index contributed by atoms with van der Waals surface area (Å²) in [6.45, 7) is 3.52. The van der Waals surface area contributed by atoms with Gasteiger partial charge in [0.25, 0.3) is 5.91 Å². The lowest BCUT2D eigenvalue weighted by Gasteiger charge is -2.15. The van der Waals surface area contributed by atoms with E-state index in [1.54, 1.807) is 42.2 Å². The molecule has 7 heteroatoms. The second-order valence-electron chi connectivity index (χ2n) is 6.31. The molecule has 0 spiro atoms. The molecule has 0 saturated carbocycles. The number of amides is 3. The molecule has 0 aromatic heterocycles. The van der Waals surface area contributed by atoms with E-state index in [1.807, 2.05) is 12.1 Å². The van der Waals surface area contributed by atoms with Crippen LogP contribution in [0.4, 0.5) is 17.1 Å². The zero-order valence-corrected chi connectivity index (χ0v) is 15.2. The van der Waals surface area contributed by atoms with Crippen LogP contribution in [0.5, 0.6) is 5.75 Å². The van der Waals surface area contributed by atoms with Crippen molar-refractivity contribution in [1.29, 1.82) is 0 Å². The van der Waals surface area contributed by atoms with Gasteiger partial charge in [-0.05, 0) is 54.4 Å². The highest BCUT2D eigenvalue weighted by atomic mass is 16.5. The molecule has 2 aromatic carbocycles. The zero-order valence-electron chi connectivity index (χ0n) is 15.2. The van der Waals surface area contributed by atoms with Gasteiger partial charge in [-0.25, -0.2) is 0 Å². The summed E-state index contributed by atoms with van der Waals surface area (Å²) in [5.74, 6) is 0.125. The molecule has 0 atom stereocenters. The molecule has 2 N–H and O–H groups in total. The van der Waals surface area contributed by atoms with Crippen LogP contribution in [0.15, 0.2) is 42.5 Å². The van der Waals surface area contributed by atoms with Crippen molar-refractivity contribution in [3.8, 4) is 5.75 Å². The predicted octanol–water partition coefficient (Wildman–Crippen LogP) is 2.57. The maximum atomic E-state index is 12.1. The molecule has 2 aromatic rings. The Hall–Kier alpha value is -3.35. The van der Waals surface area contributed by atoms with Crippen LogP contribution >= 0.6 is 0 Å². The van der Waals surface area contributed by atoms with E-state index >= 15 is 0 Å². The monoisotopic (exact) mass is 367 g/mol. The molecule has 0 radical (unpaired) electrons. The molecule has 1 aliphatic rings. The molecule has 3 amide bonds. The minimum Gasteiger partial charge on any atom is -0.484 e. The number of fused-ring (bicyclic) bond motifs is 1. The van der Waals surface area contributed by atoms with Gasteiger partial charge < -0.3 is 20.3 Å². The summed E-state index contributed by atoms with van der Waals surface area (Å²) in [6.07, 6.45) is 0.774. The van der Waals surface area contributed by atoms with E-state index < -0.39 is 0 Å². The quantitative estimate of drug-likeness (QED) is 0.850. The summed E-state index contributed by atoms with van der Waals surface area (Å²) in [5.41, 5.74) is 3.28. The lowest BCUT2D eigenvalue weighted by Crippen LogP contribution is -2.25. The van der Waals surface area contributed by atoms with Crippen molar-refractivity contribution >= 4 is 34.8 Å². The highest BCUT2D eigenvalue weighted by Crippen LogP contribution is 2.30. The van der Waals surface area contributed by atoms with Crippen molar-refractivity contribution in [3.63, 3.8) is 0 Å². The third-order valence-corrected chi connectivity index (χ3v) is 4.18. The Morgan fingerprint density at radius 1 is 1.00 bits per heavy atom. The highest BCUT2D eigenvalue weighted by Gasteiger charge is 2.22. The van der Waals surface area contributed by atoms with Crippen molar-refractivity contribution in [2.24, 2.45) is 0 Å². The third kappa shape index (κ3) is 4.63. The van der Waals surface area contributed by atoms with Crippen molar-refractivity contribution in [2.75, 3.05) is 28.7 Å². The molecule has 0 aliphatic carbocycles. The number of carbonyl (C=O) groups is 3. The lowest BCUT2D eigenvalue weighted by atomic mass is 10.1. The number of anilines is 3. The number of nitrogens with one attached hydrogen (secondary N) is 2. The third-order valence-electron chi connectivity index (χ3n) is 4.18. The van der Waals surface area contributed by atoms with E-state index in [1.165, 1.54) is 6.92 Å². The Bertz CT molecular complexity index is 877. The van der Waals surface area contributed by atoms with Gasteiger partial charge in [-0.2, -0.15) is 0 Å². The fourth-order valence-corrected chi connectivity index (χ4v) is 2.99. The fraction of sp³-hybridized carbons (Fsp3) is 0.250. The Morgan fingerprint density at radius 2 is 1.70 bits per heavy atom. The first-order valence-electron chi connectivity index (χ1n) is 8.64. The van der Waals surface area contributed by atoms with Gasteiger partial charge in [0.15, 0.2) is 6.61 Å². The maximum Gasteiger partial charge on any atom is 0.262 e. The van der Waals surface area contributed by atoms with E-state index in [0.717, 1.165) is 17.7 Å². The molecule has 0 saturated heterocycles. The Kier molecular flexibility index (Phi) is 5.40. The van der Waals surface area contributed by atoms with Crippen LogP contribution in [-0.4, -0.2) is 30.9 Å². The molecular weight excluding hydrogens is 346 g/mol. The zero-order chi connectivity index (χ0) is 19.4. The maximum absolute atomic E-state index is 12.1. The van der Waals surface area contributed by atoms with Crippen LogP contribution in [0.3, 0.4) is 0 Å². The molecular formula is C20H21N3O4. The lowest BCUT2D eigenvalue weighted by molar-refractivity contribution is -0.118. The average Bonchev–Trinajstić information content (AvgIpc) is 3.04. The first-order chi connectivity index (χ1) is 12.9. The normalized spacial score (nSPS) is 12.3. The molecule has 140 valence electrons. The van der Waals surface area contributed by atoms with Crippen molar-refractivity contribution in [3.05, 3.63) is 48.0 Å². The Labute approximate surface area is 157 Å². The molecule has 0 unspecified atom stereocenters. The van der Waals surface area contributed by atoms with Crippen LogP contribution in [0, 0.1) is 0 Å². The largest absolute Gasteiger partial charge is 0.484 e. The van der Waals surface area contributed by atoms with Gasteiger partial charge in [0.1, 0.15) is 5.75 Å². The van der Waals surface area contributed by atoms with Crippen LogP contribution in [0.2, 0.25) is 0 Å². The Morgan fingerprint density at radius 3 is 2.37 bits per heavy atom. The summed E-state index contributed by atoms with van der Waals surface area (Å²) in [6, 6.07) is 12.3. The van der Waals surface area contributed by atoms with Gasteiger partial charge in [0.2, 0.25) is 11.8 Å². The number of carbonyl (C=O) groups excluding carboxylic acids is 3. The second kappa shape index (κ2) is 7.90. The molecule has 27 heavy (non-hydrogen) atoms. The summed E-state index contributed by atoms with van der Waals surface area (Å²) < 4.78 is 5.46. The van der Waals surface area contributed by atoms with Gasteiger partial charge in [0.05, 0.1) is 0 Å². The summed E-state index contributed by atoms with van der Waals surface area (Å²) in [4.78, 5) is 36.4. The average molecular weight is 367 g/mol. The van der Waals surface area contributed by atoms with E-state index in [2.05, 4.69) is 10.6 Å². The van der Waals surface area contributed by atoms with E-state index in [4.69, 9.17) is 4.74 Å². The van der Waals surface area contributed by atoms with Gasteiger partial charge >= 0.3 is 0 Å². The number of hydrogen-bond donors (Lipinski definition) is 2. The van der Waals surface area contributed by atoms with Crippen molar-refractivity contribution in [2.45, 2.75) is 20.3 Å². The summed E-state index contributed by atoms with van der Waals surface area (Å²) in [5, 5.41) is 5.46. The minimum atomic E-state index is -0.276. The predicted molar refractivity (Wildman–Crippen MR) is 103 cm³/mol. The molecule has 3 rings (SSSR count). The first kappa shape index (κ1) is 18.4. The highest BCUT2D eigenvalue weighted by molar-refractivity contribution is 5.96. The minimum absolute atomic E-state index is 0.0171. The van der Waals surface area contributed by atoms with Gasteiger partial charge in [-0.1, -0.05) is 0 Å². The molecule has 0 bridgehead atoms. The molecule has 1 aliphatic heterocycles. The van der Waals surface area contributed by atoms with Crippen LogP contribution in [0.25, 0.3) is 0 Å². The van der Waals surface area contributed by atoms with Gasteiger partial charge in [-0.3, -0.25) is 14.4 Å². The topological polar surface area (TPSA) is 87.7 Å². The molecule has 7 nitrogen and oxygen atoms in total. The number of rotatable bonds is 5.